The number of hydrogen-bond donors (Lipinski definition) is 2. The highest BCUT2D eigenvalue weighted by atomic mass is 127. The Balaban J connectivity index is 0.00000176. The third-order valence-electron chi connectivity index (χ3n) is 3.62. The van der Waals surface area contributed by atoms with Gasteiger partial charge in [0.05, 0.1) is 24.2 Å². The second-order valence-corrected chi connectivity index (χ2v) is 5.14. The summed E-state index contributed by atoms with van der Waals surface area (Å²) >= 11 is 0. The smallest absolute Gasteiger partial charge is 0.191 e. The van der Waals surface area contributed by atoms with Crippen molar-refractivity contribution in [1.82, 2.24) is 14.9 Å². The molecule has 3 N–H and O–H groups in total. The van der Waals surface area contributed by atoms with Crippen molar-refractivity contribution in [3.63, 3.8) is 0 Å². The van der Waals surface area contributed by atoms with Crippen molar-refractivity contribution in [3.05, 3.63) is 30.1 Å². The number of morpholine rings is 1. The van der Waals surface area contributed by atoms with E-state index >= 15 is 0 Å². The summed E-state index contributed by atoms with van der Waals surface area (Å²) in [6, 6.07) is 8.07. The van der Waals surface area contributed by atoms with Crippen molar-refractivity contribution in [1.29, 1.82) is 0 Å². The maximum Gasteiger partial charge on any atom is 0.191 e. The number of aryl methyl sites for hydroxylation is 1. The van der Waals surface area contributed by atoms with Crippen LogP contribution in [0.25, 0.3) is 11.0 Å². The minimum atomic E-state index is 0. The molecule has 0 aliphatic carbocycles. The number of hydrogen-bond acceptors (Lipinski definition) is 3. The quantitative estimate of drug-likeness (QED) is 0.345. The Bertz CT molecular complexity index is 588. The average Bonchev–Trinajstić information content (AvgIpc) is 2.95. The van der Waals surface area contributed by atoms with E-state index in [9.17, 15) is 0 Å². The average molecular weight is 415 g/mol. The normalized spacial score (nSPS) is 15.8. The molecule has 120 valence electrons. The number of fused-ring (bicyclic) bond motifs is 1. The zero-order chi connectivity index (χ0) is 14.5. The third-order valence-corrected chi connectivity index (χ3v) is 3.62. The minimum absolute atomic E-state index is 0. The van der Waals surface area contributed by atoms with Crippen LogP contribution in [0.4, 0.5) is 0 Å². The zero-order valence-electron chi connectivity index (χ0n) is 12.5. The Hall–Kier alpha value is -1.35. The third kappa shape index (κ3) is 4.33. The number of guanidine groups is 1. The second kappa shape index (κ2) is 8.33. The molecule has 3 rings (SSSR count). The van der Waals surface area contributed by atoms with Crippen molar-refractivity contribution >= 4 is 41.0 Å². The molecule has 1 saturated heterocycles. The maximum atomic E-state index is 5.99. The van der Waals surface area contributed by atoms with Crippen molar-refractivity contribution < 1.29 is 4.74 Å². The molecule has 1 aromatic carbocycles. The number of benzene rings is 1. The van der Waals surface area contributed by atoms with Gasteiger partial charge in [0.2, 0.25) is 0 Å². The number of imidazole rings is 1. The Morgan fingerprint density at radius 1 is 1.32 bits per heavy atom. The molecule has 1 aliphatic heterocycles. The predicted octanol–water partition coefficient (Wildman–Crippen LogP) is 1.76. The first kappa shape index (κ1) is 17.0. The summed E-state index contributed by atoms with van der Waals surface area (Å²) in [6.45, 7) is 3.85. The molecule has 2 aromatic rings. The van der Waals surface area contributed by atoms with Crippen LogP contribution in [-0.2, 0) is 11.2 Å². The van der Waals surface area contributed by atoms with Gasteiger partial charge in [0.1, 0.15) is 5.82 Å². The molecule has 0 spiro atoms. The minimum Gasteiger partial charge on any atom is -0.378 e. The first-order valence-electron chi connectivity index (χ1n) is 7.39. The van der Waals surface area contributed by atoms with Crippen LogP contribution in [0.3, 0.4) is 0 Å². The van der Waals surface area contributed by atoms with Gasteiger partial charge in [-0.2, -0.15) is 0 Å². The number of rotatable bonds is 4. The Morgan fingerprint density at radius 3 is 2.86 bits per heavy atom. The largest absolute Gasteiger partial charge is 0.378 e. The second-order valence-electron chi connectivity index (χ2n) is 5.14. The number of aromatic amines is 1. The number of nitrogens with one attached hydrogen (secondary N) is 1. The molecule has 0 unspecified atom stereocenters. The lowest BCUT2D eigenvalue weighted by atomic mass is 10.3. The number of para-hydroxylation sites is 2. The molecule has 0 bridgehead atoms. The first-order valence-corrected chi connectivity index (χ1v) is 7.39. The van der Waals surface area contributed by atoms with Crippen LogP contribution < -0.4 is 5.73 Å². The highest BCUT2D eigenvalue weighted by molar-refractivity contribution is 14.0. The fourth-order valence-electron chi connectivity index (χ4n) is 2.46. The number of nitrogens with two attached hydrogens (primary N) is 1. The molecular formula is C15H22IN5O. The van der Waals surface area contributed by atoms with Gasteiger partial charge in [-0.3, -0.25) is 4.99 Å². The van der Waals surface area contributed by atoms with Gasteiger partial charge >= 0.3 is 0 Å². The van der Waals surface area contributed by atoms with Gasteiger partial charge in [-0.1, -0.05) is 12.1 Å². The van der Waals surface area contributed by atoms with Gasteiger partial charge in [-0.25, -0.2) is 4.98 Å². The van der Waals surface area contributed by atoms with Crippen molar-refractivity contribution in [2.45, 2.75) is 12.8 Å². The molecule has 0 saturated carbocycles. The van der Waals surface area contributed by atoms with E-state index in [2.05, 4.69) is 19.9 Å². The van der Waals surface area contributed by atoms with Crippen LogP contribution in [0.1, 0.15) is 12.2 Å². The predicted molar refractivity (Wildman–Crippen MR) is 98.7 cm³/mol. The number of H-pyrrole nitrogens is 1. The van der Waals surface area contributed by atoms with Crippen molar-refractivity contribution in [2.24, 2.45) is 10.7 Å². The Kier molecular flexibility index (Phi) is 6.44. The highest BCUT2D eigenvalue weighted by Crippen LogP contribution is 2.11. The summed E-state index contributed by atoms with van der Waals surface area (Å²) in [6.07, 6.45) is 1.82. The summed E-state index contributed by atoms with van der Waals surface area (Å²) < 4.78 is 5.30. The summed E-state index contributed by atoms with van der Waals surface area (Å²) in [4.78, 5) is 14.4. The van der Waals surface area contributed by atoms with E-state index in [0.29, 0.717) is 5.96 Å². The van der Waals surface area contributed by atoms with Gasteiger partial charge in [0.15, 0.2) is 5.96 Å². The van der Waals surface area contributed by atoms with E-state index in [1.807, 2.05) is 24.3 Å². The number of aliphatic imine (C=N–C) groups is 1. The fourth-order valence-corrected chi connectivity index (χ4v) is 2.46. The van der Waals surface area contributed by atoms with Gasteiger partial charge < -0.3 is 20.4 Å². The molecule has 22 heavy (non-hydrogen) atoms. The Morgan fingerprint density at radius 2 is 2.09 bits per heavy atom. The van der Waals surface area contributed by atoms with Crippen LogP contribution >= 0.6 is 24.0 Å². The van der Waals surface area contributed by atoms with E-state index in [0.717, 1.165) is 62.5 Å². The highest BCUT2D eigenvalue weighted by Gasteiger charge is 2.11. The molecule has 1 fully saturated rings. The lowest BCUT2D eigenvalue weighted by Gasteiger charge is -2.27. The van der Waals surface area contributed by atoms with Crippen LogP contribution in [0, 0.1) is 0 Å². The molecule has 0 amide bonds. The van der Waals surface area contributed by atoms with Crippen LogP contribution in [0.5, 0.6) is 0 Å². The van der Waals surface area contributed by atoms with Gasteiger partial charge in [-0.05, 0) is 18.6 Å². The van der Waals surface area contributed by atoms with E-state index in [4.69, 9.17) is 10.5 Å². The van der Waals surface area contributed by atoms with E-state index in [1.165, 1.54) is 0 Å². The molecule has 6 nitrogen and oxygen atoms in total. The maximum absolute atomic E-state index is 5.99. The standard InChI is InChI=1S/C15H21N5O.HI/c16-15(20-8-10-21-11-9-20)17-7-3-6-14-18-12-4-1-2-5-13(12)19-14;/h1-2,4-5H,3,6-11H2,(H2,16,17)(H,18,19);1H. The first-order chi connectivity index (χ1) is 10.3. The SMILES string of the molecule is I.NC(=NCCCc1nc2ccccc2[nH]1)N1CCOCC1. The molecule has 0 radical (unpaired) electrons. The van der Waals surface area contributed by atoms with E-state index in [1.54, 1.807) is 0 Å². The van der Waals surface area contributed by atoms with Gasteiger partial charge in [0.25, 0.3) is 0 Å². The molecular weight excluding hydrogens is 393 g/mol. The van der Waals surface area contributed by atoms with Gasteiger partial charge in [-0.15, -0.1) is 24.0 Å². The van der Waals surface area contributed by atoms with Crippen LogP contribution in [0.15, 0.2) is 29.3 Å². The zero-order valence-corrected chi connectivity index (χ0v) is 14.8. The van der Waals surface area contributed by atoms with Crippen LogP contribution in [0.2, 0.25) is 0 Å². The van der Waals surface area contributed by atoms with Crippen molar-refractivity contribution in [3.8, 4) is 0 Å². The topological polar surface area (TPSA) is 79.5 Å². The molecule has 2 heterocycles. The number of halogens is 1. The Labute approximate surface area is 147 Å². The molecule has 7 heteroatoms. The van der Waals surface area contributed by atoms with Crippen LogP contribution in [-0.4, -0.2) is 53.7 Å². The summed E-state index contributed by atoms with van der Waals surface area (Å²) in [5.74, 6) is 1.64. The lowest BCUT2D eigenvalue weighted by molar-refractivity contribution is 0.0674. The molecule has 0 atom stereocenters. The molecule has 1 aromatic heterocycles. The number of ether oxygens (including phenoxy) is 1. The fraction of sp³-hybridized carbons (Fsp3) is 0.467. The van der Waals surface area contributed by atoms with Crippen molar-refractivity contribution in [2.75, 3.05) is 32.8 Å². The van der Waals surface area contributed by atoms with Gasteiger partial charge in [0, 0.05) is 26.1 Å². The van der Waals surface area contributed by atoms with E-state index < -0.39 is 0 Å². The monoisotopic (exact) mass is 415 g/mol. The summed E-state index contributed by atoms with van der Waals surface area (Å²) in [5.41, 5.74) is 8.09. The summed E-state index contributed by atoms with van der Waals surface area (Å²) in [5, 5.41) is 0. The molecule has 1 aliphatic rings. The summed E-state index contributed by atoms with van der Waals surface area (Å²) in [7, 11) is 0. The number of nitrogens with zero attached hydrogens (tertiary/aromatic N) is 3. The number of aromatic nitrogens is 2. The van der Waals surface area contributed by atoms with E-state index in [-0.39, 0.29) is 24.0 Å². The lowest BCUT2D eigenvalue weighted by Crippen LogP contribution is -2.44.